The normalized spacial score (nSPS) is 10.6. The molecule has 6 nitrogen and oxygen atoms in total. The Labute approximate surface area is 131 Å². The van der Waals surface area contributed by atoms with Crippen molar-refractivity contribution in [3.63, 3.8) is 0 Å². The molecular formula is C16H15FN4O2. The van der Waals surface area contributed by atoms with Crippen LogP contribution in [0.25, 0.3) is 11.5 Å². The molecule has 0 bridgehead atoms. The van der Waals surface area contributed by atoms with Crippen molar-refractivity contribution in [3.8, 4) is 11.5 Å². The van der Waals surface area contributed by atoms with Gasteiger partial charge in [-0.15, -0.1) is 0 Å². The third-order valence-corrected chi connectivity index (χ3v) is 3.26. The molecule has 0 aliphatic rings. The summed E-state index contributed by atoms with van der Waals surface area (Å²) in [6.07, 6.45) is 0. The highest BCUT2D eigenvalue weighted by Crippen LogP contribution is 2.22. The lowest BCUT2D eigenvalue weighted by Crippen LogP contribution is -2.20. The van der Waals surface area contributed by atoms with E-state index in [-0.39, 0.29) is 5.82 Å². The number of nitrogens with one attached hydrogen (secondary N) is 3. The van der Waals surface area contributed by atoms with E-state index in [9.17, 15) is 9.18 Å². The van der Waals surface area contributed by atoms with Gasteiger partial charge in [0.25, 0.3) is 0 Å². The molecule has 2 heterocycles. The first kappa shape index (κ1) is 14.8. The molecule has 0 radical (unpaired) electrons. The van der Waals surface area contributed by atoms with E-state index in [2.05, 4.69) is 20.8 Å². The van der Waals surface area contributed by atoms with E-state index in [0.29, 0.717) is 28.5 Å². The Bertz CT molecular complexity index is 853. The maximum Gasteiger partial charge on any atom is 0.324 e. The van der Waals surface area contributed by atoms with Crippen molar-refractivity contribution >= 4 is 17.5 Å². The average molecular weight is 314 g/mol. The number of aromatic nitrogens is 2. The molecule has 0 aliphatic carbocycles. The number of amides is 2. The highest BCUT2D eigenvalue weighted by atomic mass is 19.1. The fourth-order valence-corrected chi connectivity index (χ4v) is 2.13. The number of halogens is 1. The zero-order valence-electron chi connectivity index (χ0n) is 12.6. The van der Waals surface area contributed by atoms with Crippen LogP contribution in [0.3, 0.4) is 0 Å². The Morgan fingerprint density at radius 2 is 2.00 bits per heavy atom. The van der Waals surface area contributed by atoms with Crippen molar-refractivity contribution < 1.29 is 13.6 Å². The molecule has 3 rings (SSSR count). The maximum absolute atomic E-state index is 13.0. The number of aryl methyl sites for hydroxylation is 2. The number of hydrogen-bond acceptors (Lipinski definition) is 3. The van der Waals surface area contributed by atoms with Crippen LogP contribution >= 0.6 is 0 Å². The molecule has 0 aliphatic heterocycles. The largest absolute Gasteiger partial charge is 0.460 e. The van der Waals surface area contributed by atoms with Gasteiger partial charge in [0.15, 0.2) is 11.6 Å². The van der Waals surface area contributed by atoms with E-state index in [4.69, 9.17) is 4.42 Å². The van der Waals surface area contributed by atoms with Gasteiger partial charge in [0.1, 0.15) is 17.3 Å². The summed E-state index contributed by atoms with van der Waals surface area (Å²) in [5, 5.41) is 12.0. The number of hydrogen-bond donors (Lipinski definition) is 3. The molecule has 2 amide bonds. The SMILES string of the molecule is Cc1ccc(-c2cc(NC(=O)Nc3ccc(F)cc3C)n[nH]2)o1. The van der Waals surface area contributed by atoms with Crippen molar-refractivity contribution in [1.82, 2.24) is 10.2 Å². The van der Waals surface area contributed by atoms with E-state index in [1.54, 1.807) is 13.0 Å². The number of urea groups is 1. The highest BCUT2D eigenvalue weighted by molar-refractivity contribution is 5.99. The van der Waals surface area contributed by atoms with Crippen LogP contribution in [0.15, 0.2) is 40.8 Å². The molecule has 7 heteroatoms. The van der Waals surface area contributed by atoms with Crippen LogP contribution in [-0.2, 0) is 0 Å². The number of aromatic amines is 1. The summed E-state index contributed by atoms with van der Waals surface area (Å²) >= 11 is 0. The fourth-order valence-electron chi connectivity index (χ4n) is 2.13. The number of nitrogens with zero attached hydrogens (tertiary/aromatic N) is 1. The van der Waals surface area contributed by atoms with Crippen LogP contribution in [0.1, 0.15) is 11.3 Å². The molecule has 0 spiro atoms. The Morgan fingerprint density at radius 1 is 1.17 bits per heavy atom. The van der Waals surface area contributed by atoms with Crippen LogP contribution < -0.4 is 10.6 Å². The molecule has 0 saturated carbocycles. The minimum Gasteiger partial charge on any atom is -0.460 e. The number of H-pyrrole nitrogens is 1. The molecule has 23 heavy (non-hydrogen) atoms. The van der Waals surface area contributed by atoms with Gasteiger partial charge in [0.2, 0.25) is 0 Å². The summed E-state index contributed by atoms with van der Waals surface area (Å²) in [5.74, 6) is 1.43. The van der Waals surface area contributed by atoms with Crippen molar-refractivity contribution in [1.29, 1.82) is 0 Å². The number of benzene rings is 1. The van der Waals surface area contributed by atoms with E-state index in [1.807, 2.05) is 19.1 Å². The van der Waals surface area contributed by atoms with Crippen LogP contribution in [0.2, 0.25) is 0 Å². The van der Waals surface area contributed by atoms with Gasteiger partial charge < -0.3 is 9.73 Å². The second kappa shape index (κ2) is 5.96. The van der Waals surface area contributed by atoms with Gasteiger partial charge in [-0.2, -0.15) is 5.10 Å². The smallest absolute Gasteiger partial charge is 0.324 e. The Kier molecular flexibility index (Phi) is 3.84. The third-order valence-electron chi connectivity index (χ3n) is 3.26. The van der Waals surface area contributed by atoms with Gasteiger partial charge in [0, 0.05) is 11.8 Å². The second-order valence-corrected chi connectivity index (χ2v) is 5.12. The van der Waals surface area contributed by atoms with Crippen molar-refractivity contribution in [2.24, 2.45) is 0 Å². The molecule has 2 aromatic heterocycles. The Balaban J connectivity index is 1.67. The van der Waals surface area contributed by atoms with Crippen LogP contribution in [-0.4, -0.2) is 16.2 Å². The third kappa shape index (κ3) is 3.39. The average Bonchev–Trinajstić information content (AvgIpc) is 3.11. The second-order valence-electron chi connectivity index (χ2n) is 5.12. The first-order valence-electron chi connectivity index (χ1n) is 6.97. The molecule has 118 valence electrons. The Morgan fingerprint density at radius 3 is 2.70 bits per heavy atom. The van der Waals surface area contributed by atoms with E-state index in [1.165, 1.54) is 18.2 Å². The zero-order valence-corrected chi connectivity index (χ0v) is 12.6. The topological polar surface area (TPSA) is 83.0 Å². The monoisotopic (exact) mass is 314 g/mol. The highest BCUT2D eigenvalue weighted by Gasteiger charge is 2.10. The van der Waals surface area contributed by atoms with Gasteiger partial charge in [-0.1, -0.05) is 0 Å². The van der Waals surface area contributed by atoms with E-state index >= 15 is 0 Å². The molecule has 3 N–H and O–H groups in total. The quantitative estimate of drug-likeness (QED) is 0.681. The number of rotatable bonds is 3. The summed E-state index contributed by atoms with van der Waals surface area (Å²) in [6.45, 7) is 3.56. The predicted octanol–water partition coefficient (Wildman–Crippen LogP) is 4.07. The fraction of sp³-hybridized carbons (Fsp3) is 0.125. The molecule has 0 unspecified atom stereocenters. The van der Waals surface area contributed by atoms with Crippen LogP contribution in [0.5, 0.6) is 0 Å². The van der Waals surface area contributed by atoms with Crippen molar-refractivity contribution in [2.45, 2.75) is 13.8 Å². The van der Waals surface area contributed by atoms with Gasteiger partial charge in [-0.25, -0.2) is 9.18 Å². The van der Waals surface area contributed by atoms with Gasteiger partial charge in [0.05, 0.1) is 0 Å². The minimum absolute atomic E-state index is 0.348. The maximum atomic E-state index is 13.0. The predicted molar refractivity (Wildman–Crippen MR) is 84.8 cm³/mol. The molecule has 0 atom stereocenters. The summed E-state index contributed by atoms with van der Waals surface area (Å²) in [7, 11) is 0. The first-order valence-corrected chi connectivity index (χ1v) is 6.97. The minimum atomic E-state index is -0.464. The van der Waals surface area contributed by atoms with Gasteiger partial charge >= 0.3 is 6.03 Å². The van der Waals surface area contributed by atoms with E-state index in [0.717, 1.165) is 5.76 Å². The lowest BCUT2D eigenvalue weighted by Gasteiger charge is -2.08. The molecule has 0 saturated heterocycles. The zero-order chi connectivity index (χ0) is 16.4. The number of anilines is 2. The molecule has 3 aromatic rings. The number of carbonyl (C=O) groups excluding carboxylic acids is 1. The van der Waals surface area contributed by atoms with Crippen molar-refractivity contribution in [3.05, 3.63) is 53.5 Å². The van der Waals surface area contributed by atoms with Gasteiger partial charge in [-0.05, 0) is 49.7 Å². The van der Waals surface area contributed by atoms with E-state index < -0.39 is 6.03 Å². The molecule has 1 aromatic carbocycles. The lowest BCUT2D eigenvalue weighted by molar-refractivity contribution is 0.262. The Hall–Kier alpha value is -3.09. The molecule has 0 fully saturated rings. The lowest BCUT2D eigenvalue weighted by atomic mass is 10.2. The summed E-state index contributed by atoms with van der Waals surface area (Å²) in [5.41, 5.74) is 1.82. The number of carbonyl (C=O) groups is 1. The van der Waals surface area contributed by atoms with Crippen LogP contribution in [0, 0.1) is 19.7 Å². The van der Waals surface area contributed by atoms with Gasteiger partial charge in [-0.3, -0.25) is 10.4 Å². The van der Waals surface area contributed by atoms with Crippen LogP contribution in [0.4, 0.5) is 20.7 Å². The summed E-state index contributed by atoms with van der Waals surface area (Å²) < 4.78 is 18.5. The molecular weight excluding hydrogens is 299 g/mol. The van der Waals surface area contributed by atoms with Crippen molar-refractivity contribution in [2.75, 3.05) is 10.6 Å². The summed E-state index contributed by atoms with van der Waals surface area (Å²) in [4.78, 5) is 12.0. The summed E-state index contributed by atoms with van der Waals surface area (Å²) in [6, 6.07) is 8.99. The number of furan rings is 1. The first-order chi connectivity index (χ1) is 11.0. The standard InChI is InChI=1S/C16H15FN4O2/c1-9-7-11(17)4-5-12(9)18-16(22)19-15-8-13(20-21-15)14-6-3-10(2)23-14/h3-8H,1-2H3,(H3,18,19,20,21,22).